The molecule has 1 amide bonds. The first kappa shape index (κ1) is 16.3. The number of fused-ring (bicyclic) bond motifs is 1. The average Bonchev–Trinajstić information content (AvgIpc) is 2.73. The topological polar surface area (TPSA) is 66.5 Å². The van der Waals surface area contributed by atoms with E-state index >= 15 is 0 Å². The number of aryl methyl sites for hydroxylation is 1. The van der Waals surface area contributed by atoms with Crippen LogP contribution >= 0.6 is 0 Å². The zero-order valence-corrected chi connectivity index (χ0v) is 14.1. The summed E-state index contributed by atoms with van der Waals surface area (Å²) in [5.74, 6) is -0.192. The number of amides is 1. The van der Waals surface area contributed by atoms with Gasteiger partial charge in [-0.2, -0.15) is 0 Å². The first-order valence-corrected chi connectivity index (χ1v) is 9.12. The molecule has 1 heterocycles. The predicted octanol–water partition coefficient (Wildman–Crippen LogP) is 3.14. The maximum Gasteiger partial charge on any atom is 0.257 e. The smallest absolute Gasteiger partial charge is 0.257 e. The first-order valence-electron chi connectivity index (χ1n) is 7.62. The number of nitrogens with one attached hydrogen (secondary N) is 1. The molecule has 1 N–H and O–H groups in total. The van der Waals surface area contributed by atoms with Crippen LogP contribution in [0.25, 0.3) is 6.08 Å². The highest BCUT2D eigenvalue weighted by Crippen LogP contribution is 2.31. The number of para-hydroxylation sites is 2. The van der Waals surface area contributed by atoms with Crippen LogP contribution in [0, 0.1) is 6.92 Å². The Balaban J connectivity index is 1.94. The van der Waals surface area contributed by atoms with Gasteiger partial charge in [0.25, 0.3) is 10.0 Å². The number of anilines is 2. The monoisotopic (exact) mass is 342 g/mol. The van der Waals surface area contributed by atoms with E-state index in [1.54, 1.807) is 30.3 Å². The van der Waals surface area contributed by atoms with Crippen molar-refractivity contribution < 1.29 is 13.2 Å². The second-order valence-electron chi connectivity index (χ2n) is 5.65. The number of hydrogen-bond acceptors (Lipinski definition) is 3. The van der Waals surface area contributed by atoms with Gasteiger partial charge in [-0.1, -0.05) is 42.0 Å². The van der Waals surface area contributed by atoms with Crippen LogP contribution < -0.4 is 9.62 Å². The third-order valence-electron chi connectivity index (χ3n) is 3.81. The molecule has 2 aromatic carbocycles. The highest BCUT2D eigenvalue weighted by Gasteiger charge is 2.26. The van der Waals surface area contributed by atoms with Gasteiger partial charge in [0.1, 0.15) is 0 Å². The summed E-state index contributed by atoms with van der Waals surface area (Å²) in [4.78, 5) is 11.8. The highest BCUT2D eigenvalue weighted by atomic mass is 32.2. The lowest BCUT2D eigenvalue weighted by Crippen LogP contribution is -2.30. The first-order chi connectivity index (χ1) is 11.5. The van der Waals surface area contributed by atoms with Crippen LogP contribution in [-0.4, -0.2) is 20.9 Å². The Morgan fingerprint density at radius 2 is 1.79 bits per heavy atom. The molecule has 6 heteroatoms. The number of carbonyl (C=O) groups is 1. The van der Waals surface area contributed by atoms with E-state index in [-0.39, 0.29) is 18.9 Å². The quantitative estimate of drug-likeness (QED) is 0.932. The summed E-state index contributed by atoms with van der Waals surface area (Å²) in [6.07, 6.45) is 1.68. The SMILES string of the molecule is Cc1ccc(/C=C\S(=O)(=O)N2CCC(=O)Nc3ccccc32)cc1. The van der Waals surface area contributed by atoms with E-state index in [0.717, 1.165) is 11.1 Å². The van der Waals surface area contributed by atoms with Crippen LogP contribution in [0.1, 0.15) is 17.5 Å². The van der Waals surface area contributed by atoms with E-state index in [2.05, 4.69) is 5.32 Å². The van der Waals surface area contributed by atoms with E-state index < -0.39 is 10.0 Å². The summed E-state index contributed by atoms with van der Waals surface area (Å²) >= 11 is 0. The van der Waals surface area contributed by atoms with Crippen molar-refractivity contribution in [2.24, 2.45) is 0 Å². The zero-order chi connectivity index (χ0) is 17.2. The Hall–Kier alpha value is -2.60. The van der Waals surface area contributed by atoms with E-state index in [1.165, 1.54) is 9.71 Å². The molecule has 1 aliphatic rings. The van der Waals surface area contributed by atoms with Crippen LogP contribution in [0.4, 0.5) is 11.4 Å². The van der Waals surface area contributed by atoms with Crippen molar-refractivity contribution in [3.05, 3.63) is 65.1 Å². The number of sulfonamides is 1. The fourth-order valence-corrected chi connectivity index (χ4v) is 3.77. The van der Waals surface area contributed by atoms with Gasteiger partial charge in [0.05, 0.1) is 16.8 Å². The maximum atomic E-state index is 12.7. The summed E-state index contributed by atoms with van der Waals surface area (Å²) in [5, 5.41) is 3.92. The molecule has 5 nitrogen and oxygen atoms in total. The maximum absolute atomic E-state index is 12.7. The van der Waals surface area contributed by atoms with Crippen LogP contribution in [0.5, 0.6) is 0 Å². The molecule has 24 heavy (non-hydrogen) atoms. The number of carbonyl (C=O) groups excluding carboxylic acids is 1. The van der Waals surface area contributed by atoms with Gasteiger partial charge in [0.15, 0.2) is 0 Å². The van der Waals surface area contributed by atoms with Gasteiger partial charge in [0, 0.05) is 13.0 Å². The van der Waals surface area contributed by atoms with Gasteiger partial charge in [-0.25, -0.2) is 8.42 Å². The van der Waals surface area contributed by atoms with Crippen molar-refractivity contribution in [3.8, 4) is 0 Å². The van der Waals surface area contributed by atoms with Gasteiger partial charge in [-0.15, -0.1) is 0 Å². The van der Waals surface area contributed by atoms with E-state index in [9.17, 15) is 13.2 Å². The average molecular weight is 342 g/mol. The van der Waals surface area contributed by atoms with Crippen LogP contribution in [0.2, 0.25) is 0 Å². The molecule has 0 atom stereocenters. The number of hydrogen-bond donors (Lipinski definition) is 1. The molecule has 0 aliphatic carbocycles. The molecule has 0 aromatic heterocycles. The van der Waals surface area contributed by atoms with Crippen molar-refractivity contribution in [3.63, 3.8) is 0 Å². The zero-order valence-electron chi connectivity index (χ0n) is 13.3. The standard InChI is InChI=1S/C18H18N2O3S/c1-14-6-8-15(9-7-14)11-13-24(22,23)20-12-10-18(21)19-16-4-2-3-5-17(16)20/h2-9,11,13H,10,12H2,1H3,(H,19,21)/b13-11-. The number of rotatable bonds is 3. The molecule has 3 rings (SSSR count). The lowest BCUT2D eigenvalue weighted by molar-refractivity contribution is -0.115. The molecule has 124 valence electrons. The predicted molar refractivity (Wildman–Crippen MR) is 96.2 cm³/mol. The van der Waals surface area contributed by atoms with Crippen LogP contribution in [-0.2, 0) is 14.8 Å². The molecular weight excluding hydrogens is 324 g/mol. The minimum Gasteiger partial charge on any atom is -0.324 e. The van der Waals surface area contributed by atoms with Gasteiger partial charge >= 0.3 is 0 Å². The molecule has 0 fully saturated rings. The second-order valence-corrected chi connectivity index (χ2v) is 7.39. The number of nitrogens with zero attached hydrogens (tertiary/aromatic N) is 1. The second kappa shape index (κ2) is 6.49. The third kappa shape index (κ3) is 3.49. The molecule has 1 aliphatic heterocycles. The van der Waals surface area contributed by atoms with Crippen molar-refractivity contribution in [2.45, 2.75) is 13.3 Å². The molecule has 2 aromatic rings. The largest absolute Gasteiger partial charge is 0.324 e. The van der Waals surface area contributed by atoms with Crippen molar-refractivity contribution >= 4 is 33.4 Å². The Morgan fingerprint density at radius 3 is 2.54 bits per heavy atom. The highest BCUT2D eigenvalue weighted by molar-refractivity contribution is 7.95. The third-order valence-corrected chi connectivity index (χ3v) is 5.28. The van der Waals surface area contributed by atoms with Crippen molar-refractivity contribution in [2.75, 3.05) is 16.2 Å². The van der Waals surface area contributed by atoms with Crippen molar-refractivity contribution in [1.29, 1.82) is 0 Å². The minimum absolute atomic E-state index is 0.115. The normalized spacial score (nSPS) is 15.0. The van der Waals surface area contributed by atoms with E-state index in [4.69, 9.17) is 0 Å². The molecule has 0 spiro atoms. The molecule has 0 radical (unpaired) electrons. The molecular formula is C18H18N2O3S. The Labute approximate surface area is 141 Å². The van der Waals surface area contributed by atoms with Gasteiger partial charge < -0.3 is 5.32 Å². The molecule has 0 bridgehead atoms. The summed E-state index contributed by atoms with van der Waals surface area (Å²) in [7, 11) is -3.69. The lowest BCUT2D eigenvalue weighted by atomic mass is 10.2. The number of benzene rings is 2. The summed E-state index contributed by atoms with van der Waals surface area (Å²) in [5.41, 5.74) is 2.91. The molecule has 0 saturated carbocycles. The van der Waals surface area contributed by atoms with Gasteiger partial charge in [0.2, 0.25) is 5.91 Å². The summed E-state index contributed by atoms with van der Waals surface area (Å²) in [6.45, 7) is 2.09. The van der Waals surface area contributed by atoms with Gasteiger partial charge in [-0.3, -0.25) is 9.10 Å². The molecule has 0 saturated heterocycles. The summed E-state index contributed by atoms with van der Waals surface area (Å²) < 4.78 is 26.8. The van der Waals surface area contributed by atoms with E-state index in [0.29, 0.717) is 11.4 Å². The molecule has 0 unspecified atom stereocenters. The Morgan fingerprint density at radius 1 is 1.08 bits per heavy atom. The van der Waals surface area contributed by atoms with Crippen LogP contribution in [0.15, 0.2) is 53.9 Å². The minimum atomic E-state index is -3.69. The van der Waals surface area contributed by atoms with Crippen LogP contribution in [0.3, 0.4) is 0 Å². The fraction of sp³-hybridized carbons (Fsp3) is 0.167. The van der Waals surface area contributed by atoms with E-state index in [1.807, 2.05) is 31.2 Å². The van der Waals surface area contributed by atoms with Gasteiger partial charge in [-0.05, 0) is 30.7 Å². The Kier molecular flexibility index (Phi) is 4.40. The lowest BCUT2D eigenvalue weighted by Gasteiger charge is -2.21. The fourth-order valence-electron chi connectivity index (χ4n) is 2.51. The Bertz CT molecular complexity index is 887. The summed E-state index contributed by atoms with van der Waals surface area (Å²) in [6, 6.07) is 14.5. The van der Waals surface area contributed by atoms with Crippen molar-refractivity contribution in [1.82, 2.24) is 0 Å².